The lowest BCUT2D eigenvalue weighted by Crippen LogP contribution is -2.09. The van der Waals surface area contributed by atoms with E-state index in [2.05, 4.69) is 10.3 Å². The van der Waals surface area contributed by atoms with Crippen LogP contribution in [-0.4, -0.2) is 11.5 Å². The SMILES string of the molecule is N#CNCCc1cccnc1. The zero-order valence-corrected chi connectivity index (χ0v) is 6.12. The molecule has 1 heterocycles. The molecule has 0 amide bonds. The average Bonchev–Trinajstić information content (AvgIpc) is 2.07. The van der Waals surface area contributed by atoms with Crippen molar-refractivity contribution in [1.29, 1.82) is 5.26 Å². The molecule has 3 heteroatoms. The smallest absolute Gasteiger partial charge is 0.176 e. The van der Waals surface area contributed by atoms with Gasteiger partial charge in [0.2, 0.25) is 0 Å². The Kier molecular flexibility index (Phi) is 2.94. The predicted octanol–water partition coefficient (Wildman–Crippen LogP) is 0.695. The maximum absolute atomic E-state index is 8.17. The number of aromatic nitrogens is 1. The van der Waals surface area contributed by atoms with Crippen LogP contribution >= 0.6 is 0 Å². The van der Waals surface area contributed by atoms with E-state index in [0.717, 1.165) is 12.0 Å². The largest absolute Gasteiger partial charge is 0.324 e. The summed E-state index contributed by atoms with van der Waals surface area (Å²) in [7, 11) is 0. The van der Waals surface area contributed by atoms with Crippen molar-refractivity contribution in [3.05, 3.63) is 30.1 Å². The average molecular weight is 147 g/mol. The Hall–Kier alpha value is -1.56. The number of nitriles is 1. The summed E-state index contributed by atoms with van der Waals surface area (Å²) in [6.07, 6.45) is 6.26. The number of hydrogen-bond donors (Lipinski definition) is 1. The Balaban J connectivity index is 2.35. The molecule has 3 nitrogen and oxygen atoms in total. The van der Waals surface area contributed by atoms with Gasteiger partial charge in [-0.25, -0.2) is 0 Å². The molecule has 0 fully saturated rings. The molecule has 0 aromatic carbocycles. The fraction of sp³-hybridized carbons (Fsp3) is 0.250. The highest BCUT2D eigenvalue weighted by Crippen LogP contribution is 1.94. The van der Waals surface area contributed by atoms with Gasteiger partial charge in [0, 0.05) is 18.9 Å². The van der Waals surface area contributed by atoms with E-state index in [1.807, 2.05) is 18.3 Å². The summed E-state index contributed by atoms with van der Waals surface area (Å²) in [5.41, 5.74) is 1.15. The number of hydrogen-bond acceptors (Lipinski definition) is 3. The fourth-order valence-electron chi connectivity index (χ4n) is 0.809. The highest BCUT2D eigenvalue weighted by molar-refractivity contribution is 5.08. The van der Waals surface area contributed by atoms with Crippen LogP contribution in [0.1, 0.15) is 5.56 Å². The van der Waals surface area contributed by atoms with Crippen molar-refractivity contribution >= 4 is 0 Å². The lowest BCUT2D eigenvalue weighted by Gasteiger charge is -1.96. The second-order valence-electron chi connectivity index (χ2n) is 2.15. The van der Waals surface area contributed by atoms with E-state index in [1.54, 1.807) is 12.4 Å². The maximum Gasteiger partial charge on any atom is 0.176 e. The van der Waals surface area contributed by atoms with Crippen molar-refractivity contribution in [1.82, 2.24) is 10.3 Å². The molecule has 0 bridgehead atoms. The molecule has 11 heavy (non-hydrogen) atoms. The molecule has 0 radical (unpaired) electrons. The van der Waals surface area contributed by atoms with Crippen LogP contribution in [0.25, 0.3) is 0 Å². The fourth-order valence-corrected chi connectivity index (χ4v) is 0.809. The van der Waals surface area contributed by atoms with Gasteiger partial charge in [0.15, 0.2) is 6.19 Å². The first-order chi connectivity index (χ1) is 5.43. The van der Waals surface area contributed by atoms with Gasteiger partial charge in [0.1, 0.15) is 0 Å². The van der Waals surface area contributed by atoms with Gasteiger partial charge in [0.05, 0.1) is 0 Å². The lowest BCUT2D eigenvalue weighted by atomic mass is 10.2. The van der Waals surface area contributed by atoms with Crippen molar-refractivity contribution in [2.24, 2.45) is 0 Å². The lowest BCUT2D eigenvalue weighted by molar-refractivity contribution is 0.840. The zero-order chi connectivity index (χ0) is 7.94. The predicted molar refractivity (Wildman–Crippen MR) is 41.6 cm³/mol. The normalized spacial score (nSPS) is 8.64. The second kappa shape index (κ2) is 4.29. The van der Waals surface area contributed by atoms with Gasteiger partial charge in [-0.1, -0.05) is 6.07 Å². The van der Waals surface area contributed by atoms with Crippen LogP contribution in [0.2, 0.25) is 0 Å². The molecule has 0 unspecified atom stereocenters. The van der Waals surface area contributed by atoms with Crippen molar-refractivity contribution < 1.29 is 0 Å². The summed E-state index contributed by atoms with van der Waals surface area (Å²) in [5, 5.41) is 10.7. The Bertz CT molecular complexity index is 237. The Morgan fingerprint density at radius 3 is 3.18 bits per heavy atom. The van der Waals surface area contributed by atoms with E-state index < -0.39 is 0 Å². The molecule has 0 atom stereocenters. The van der Waals surface area contributed by atoms with Gasteiger partial charge >= 0.3 is 0 Å². The molecule has 1 aromatic heterocycles. The number of nitrogens with zero attached hydrogens (tertiary/aromatic N) is 2. The zero-order valence-electron chi connectivity index (χ0n) is 6.12. The highest BCUT2D eigenvalue weighted by Gasteiger charge is 1.89. The van der Waals surface area contributed by atoms with Crippen molar-refractivity contribution in [2.75, 3.05) is 6.54 Å². The first kappa shape index (κ1) is 7.55. The van der Waals surface area contributed by atoms with Crippen LogP contribution in [0.5, 0.6) is 0 Å². The number of pyridine rings is 1. The molecular formula is C8H9N3. The summed E-state index contributed by atoms with van der Waals surface area (Å²) in [6, 6.07) is 3.88. The van der Waals surface area contributed by atoms with Gasteiger partial charge in [-0.15, -0.1) is 0 Å². The molecule has 0 saturated carbocycles. The molecule has 0 aliphatic heterocycles. The second-order valence-corrected chi connectivity index (χ2v) is 2.15. The van der Waals surface area contributed by atoms with Crippen LogP contribution in [0.3, 0.4) is 0 Å². The quantitative estimate of drug-likeness (QED) is 0.389. The van der Waals surface area contributed by atoms with E-state index >= 15 is 0 Å². The van der Waals surface area contributed by atoms with Gasteiger partial charge in [-0.3, -0.25) is 4.98 Å². The number of rotatable bonds is 3. The van der Waals surface area contributed by atoms with Crippen molar-refractivity contribution in [3.63, 3.8) is 0 Å². The van der Waals surface area contributed by atoms with Gasteiger partial charge < -0.3 is 5.32 Å². The van der Waals surface area contributed by atoms with Crippen LogP contribution in [0.15, 0.2) is 24.5 Å². The van der Waals surface area contributed by atoms with Crippen LogP contribution in [-0.2, 0) is 6.42 Å². The van der Waals surface area contributed by atoms with Gasteiger partial charge in [-0.2, -0.15) is 5.26 Å². The summed E-state index contributed by atoms with van der Waals surface area (Å²) in [4.78, 5) is 3.95. The van der Waals surface area contributed by atoms with Crippen molar-refractivity contribution in [3.8, 4) is 6.19 Å². The topological polar surface area (TPSA) is 48.7 Å². The van der Waals surface area contributed by atoms with Crippen LogP contribution in [0.4, 0.5) is 0 Å². The van der Waals surface area contributed by atoms with Crippen LogP contribution in [0, 0.1) is 11.5 Å². The van der Waals surface area contributed by atoms with Crippen molar-refractivity contribution in [2.45, 2.75) is 6.42 Å². The van der Waals surface area contributed by atoms with Crippen LogP contribution < -0.4 is 5.32 Å². The van der Waals surface area contributed by atoms with E-state index in [0.29, 0.717) is 6.54 Å². The third-order valence-electron chi connectivity index (χ3n) is 1.34. The summed E-state index contributed by atoms with van der Waals surface area (Å²) in [6.45, 7) is 0.683. The van der Waals surface area contributed by atoms with E-state index in [9.17, 15) is 0 Å². The Labute approximate surface area is 65.7 Å². The van der Waals surface area contributed by atoms with E-state index in [-0.39, 0.29) is 0 Å². The van der Waals surface area contributed by atoms with Gasteiger partial charge in [0.25, 0.3) is 0 Å². The molecule has 0 aliphatic carbocycles. The third-order valence-corrected chi connectivity index (χ3v) is 1.34. The summed E-state index contributed by atoms with van der Waals surface area (Å²) < 4.78 is 0. The van der Waals surface area contributed by atoms with E-state index in [4.69, 9.17) is 5.26 Å². The summed E-state index contributed by atoms with van der Waals surface area (Å²) in [5.74, 6) is 0. The standard InChI is InChI=1S/C8H9N3/c9-7-11-5-3-8-2-1-4-10-6-8/h1-2,4,6,11H,3,5H2. The molecule has 0 aliphatic rings. The molecule has 0 saturated heterocycles. The molecule has 1 aromatic rings. The minimum Gasteiger partial charge on any atom is -0.324 e. The first-order valence-corrected chi connectivity index (χ1v) is 3.44. The minimum atomic E-state index is 0.683. The molecule has 1 N–H and O–H groups in total. The number of nitrogens with one attached hydrogen (secondary N) is 1. The summed E-state index contributed by atoms with van der Waals surface area (Å²) >= 11 is 0. The monoisotopic (exact) mass is 147 g/mol. The minimum absolute atomic E-state index is 0.683. The third kappa shape index (κ3) is 2.67. The molecular weight excluding hydrogens is 138 g/mol. The Morgan fingerprint density at radius 2 is 2.55 bits per heavy atom. The highest BCUT2D eigenvalue weighted by atomic mass is 14.8. The Morgan fingerprint density at radius 1 is 1.64 bits per heavy atom. The maximum atomic E-state index is 8.17. The van der Waals surface area contributed by atoms with Gasteiger partial charge in [-0.05, 0) is 18.1 Å². The first-order valence-electron chi connectivity index (χ1n) is 3.44. The molecule has 1 rings (SSSR count). The molecule has 56 valence electrons. The molecule has 0 spiro atoms. The van der Waals surface area contributed by atoms with E-state index in [1.165, 1.54) is 0 Å².